The fourth-order valence-electron chi connectivity index (χ4n) is 3.38. The Hall–Kier alpha value is -2.37. The summed E-state index contributed by atoms with van der Waals surface area (Å²) < 4.78 is 5.89. The zero-order chi connectivity index (χ0) is 16.8. The Kier molecular flexibility index (Phi) is 5.46. The highest BCUT2D eigenvalue weighted by atomic mass is 16.5. The van der Waals surface area contributed by atoms with Gasteiger partial charge in [-0.3, -0.25) is 14.9 Å². The van der Waals surface area contributed by atoms with E-state index in [9.17, 15) is 4.79 Å². The third kappa shape index (κ3) is 4.57. The van der Waals surface area contributed by atoms with Crippen LogP contribution < -0.4 is 4.74 Å². The van der Waals surface area contributed by atoms with Gasteiger partial charge >= 0.3 is 5.97 Å². The Morgan fingerprint density at radius 1 is 1.29 bits per heavy atom. The number of hydrogen-bond acceptors (Lipinski definition) is 4. The molecule has 128 valence electrons. The van der Waals surface area contributed by atoms with Crippen LogP contribution in [-0.2, 0) is 4.79 Å². The van der Waals surface area contributed by atoms with E-state index in [1.54, 1.807) is 12.4 Å². The smallest absolute Gasteiger partial charge is 0.303 e. The van der Waals surface area contributed by atoms with E-state index in [0.29, 0.717) is 18.4 Å². The average Bonchev–Trinajstić information content (AvgIpc) is 3.14. The first-order valence-corrected chi connectivity index (χ1v) is 8.51. The van der Waals surface area contributed by atoms with E-state index in [1.165, 1.54) is 0 Å². The minimum absolute atomic E-state index is 0.275. The van der Waals surface area contributed by atoms with E-state index in [0.717, 1.165) is 49.2 Å². The minimum atomic E-state index is -0.697. The Bertz CT molecular complexity index is 640. The van der Waals surface area contributed by atoms with Crippen molar-refractivity contribution >= 4 is 5.97 Å². The van der Waals surface area contributed by atoms with Gasteiger partial charge in [0.05, 0.1) is 24.2 Å². The highest BCUT2D eigenvalue weighted by Gasteiger charge is 2.23. The Labute approximate surface area is 141 Å². The standard InChI is InChI=1S/C18H23N3O3/c22-18(23)7-4-13-2-1-3-14(10-13)12-24-15-5-6-16(19-11-15)17-8-9-20-21-17/h5-6,8-9,11,13-14H,1-4,7,10,12H2,(H,20,21)(H,22,23). The summed E-state index contributed by atoms with van der Waals surface area (Å²) in [6, 6.07) is 5.72. The summed E-state index contributed by atoms with van der Waals surface area (Å²) in [5.74, 6) is 1.09. The molecule has 24 heavy (non-hydrogen) atoms. The molecule has 0 aromatic carbocycles. The first kappa shape index (κ1) is 16.5. The van der Waals surface area contributed by atoms with Crippen LogP contribution in [0.3, 0.4) is 0 Å². The van der Waals surface area contributed by atoms with Crippen LogP contribution in [0, 0.1) is 11.8 Å². The maximum atomic E-state index is 10.7. The van der Waals surface area contributed by atoms with Crippen molar-refractivity contribution in [3.05, 3.63) is 30.6 Å². The molecule has 6 heteroatoms. The maximum absolute atomic E-state index is 10.7. The van der Waals surface area contributed by atoms with Gasteiger partial charge in [-0.1, -0.05) is 12.8 Å². The number of pyridine rings is 1. The van der Waals surface area contributed by atoms with E-state index >= 15 is 0 Å². The number of aromatic amines is 1. The van der Waals surface area contributed by atoms with Crippen LogP contribution in [0.2, 0.25) is 0 Å². The second kappa shape index (κ2) is 7.95. The molecule has 1 saturated carbocycles. The third-order valence-corrected chi connectivity index (χ3v) is 4.66. The highest BCUT2D eigenvalue weighted by molar-refractivity contribution is 5.66. The van der Waals surface area contributed by atoms with Crippen molar-refractivity contribution in [2.24, 2.45) is 11.8 Å². The summed E-state index contributed by atoms with van der Waals surface area (Å²) in [5.41, 5.74) is 1.72. The third-order valence-electron chi connectivity index (χ3n) is 4.66. The lowest BCUT2D eigenvalue weighted by Crippen LogP contribution is -2.21. The van der Waals surface area contributed by atoms with Gasteiger partial charge in [0.1, 0.15) is 5.75 Å². The number of aromatic nitrogens is 3. The lowest BCUT2D eigenvalue weighted by Gasteiger charge is -2.28. The van der Waals surface area contributed by atoms with E-state index in [2.05, 4.69) is 15.2 Å². The van der Waals surface area contributed by atoms with Gasteiger partial charge in [-0.25, -0.2) is 0 Å². The van der Waals surface area contributed by atoms with E-state index in [4.69, 9.17) is 9.84 Å². The summed E-state index contributed by atoms with van der Waals surface area (Å²) in [6.07, 6.45) is 9.02. The van der Waals surface area contributed by atoms with Crippen molar-refractivity contribution in [3.8, 4) is 17.1 Å². The Morgan fingerprint density at radius 2 is 2.17 bits per heavy atom. The van der Waals surface area contributed by atoms with Gasteiger partial charge in [0, 0.05) is 12.6 Å². The van der Waals surface area contributed by atoms with E-state index in [-0.39, 0.29) is 6.42 Å². The second-order valence-corrected chi connectivity index (χ2v) is 6.49. The molecule has 1 fully saturated rings. The van der Waals surface area contributed by atoms with Gasteiger partial charge < -0.3 is 9.84 Å². The number of aliphatic carboxylic acids is 1. The molecule has 2 aromatic heterocycles. The number of carboxylic acids is 1. The fourth-order valence-corrected chi connectivity index (χ4v) is 3.38. The van der Waals surface area contributed by atoms with Crippen LogP contribution in [0.1, 0.15) is 38.5 Å². The summed E-state index contributed by atoms with van der Waals surface area (Å²) in [5, 5.41) is 15.6. The van der Waals surface area contributed by atoms with Crippen molar-refractivity contribution < 1.29 is 14.6 Å². The number of rotatable bonds is 7. The summed E-state index contributed by atoms with van der Waals surface area (Å²) in [6.45, 7) is 0.675. The predicted molar refractivity (Wildman–Crippen MR) is 89.6 cm³/mol. The number of carbonyl (C=O) groups is 1. The van der Waals surface area contributed by atoms with Crippen LogP contribution in [0.4, 0.5) is 0 Å². The predicted octanol–water partition coefficient (Wildman–Crippen LogP) is 3.52. The normalized spacial score (nSPS) is 20.7. The molecule has 0 saturated heterocycles. The zero-order valence-electron chi connectivity index (χ0n) is 13.6. The van der Waals surface area contributed by atoms with Crippen molar-refractivity contribution in [2.75, 3.05) is 6.61 Å². The van der Waals surface area contributed by atoms with Crippen LogP contribution in [0.15, 0.2) is 30.6 Å². The first-order valence-electron chi connectivity index (χ1n) is 8.51. The SMILES string of the molecule is O=C(O)CCC1CCCC(COc2ccc(-c3ccn[nH]3)nc2)C1. The number of H-pyrrole nitrogens is 1. The molecule has 6 nitrogen and oxygen atoms in total. The topological polar surface area (TPSA) is 88.1 Å². The molecule has 2 N–H and O–H groups in total. The highest BCUT2D eigenvalue weighted by Crippen LogP contribution is 2.32. The van der Waals surface area contributed by atoms with Gasteiger partial charge in [0.15, 0.2) is 0 Å². The lowest BCUT2D eigenvalue weighted by atomic mass is 9.80. The Morgan fingerprint density at radius 3 is 2.88 bits per heavy atom. The molecular weight excluding hydrogens is 306 g/mol. The number of nitrogens with one attached hydrogen (secondary N) is 1. The molecule has 0 spiro atoms. The number of nitrogens with zero attached hydrogens (tertiary/aromatic N) is 2. The molecule has 2 unspecified atom stereocenters. The number of hydrogen-bond donors (Lipinski definition) is 2. The van der Waals surface area contributed by atoms with Gasteiger partial charge in [-0.2, -0.15) is 5.10 Å². The second-order valence-electron chi connectivity index (χ2n) is 6.49. The van der Waals surface area contributed by atoms with Crippen molar-refractivity contribution in [1.29, 1.82) is 0 Å². The van der Waals surface area contributed by atoms with Crippen molar-refractivity contribution in [3.63, 3.8) is 0 Å². The summed E-state index contributed by atoms with van der Waals surface area (Å²) in [4.78, 5) is 15.1. The van der Waals surface area contributed by atoms with E-state index < -0.39 is 5.97 Å². The number of carboxylic acid groups (broad SMARTS) is 1. The van der Waals surface area contributed by atoms with Gasteiger partial charge in [-0.15, -0.1) is 0 Å². The Balaban J connectivity index is 1.47. The van der Waals surface area contributed by atoms with Crippen LogP contribution >= 0.6 is 0 Å². The van der Waals surface area contributed by atoms with Gasteiger partial charge in [-0.05, 0) is 49.3 Å². The van der Waals surface area contributed by atoms with Crippen molar-refractivity contribution in [1.82, 2.24) is 15.2 Å². The van der Waals surface area contributed by atoms with Crippen LogP contribution in [0.5, 0.6) is 5.75 Å². The largest absolute Gasteiger partial charge is 0.492 e. The molecule has 0 aliphatic heterocycles. The van der Waals surface area contributed by atoms with Crippen LogP contribution in [-0.4, -0.2) is 32.9 Å². The molecule has 0 amide bonds. The number of ether oxygens (including phenoxy) is 1. The molecule has 0 radical (unpaired) electrons. The maximum Gasteiger partial charge on any atom is 0.303 e. The van der Waals surface area contributed by atoms with Crippen LogP contribution in [0.25, 0.3) is 11.4 Å². The molecule has 3 rings (SSSR count). The zero-order valence-corrected chi connectivity index (χ0v) is 13.6. The average molecular weight is 329 g/mol. The molecule has 2 aromatic rings. The van der Waals surface area contributed by atoms with E-state index in [1.807, 2.05) is 18.2 Å². The quantitative estimate of drug-likeness (QED) is 0.811. The fraction of sp³-hybridized carbons (Fsp3) is 0.500. The summed E-state index contributed by atoms with van der Waals surface area (Å²) in [7, 11) is 0. The monoisotopic (exact) mass is 329 g/mol. The minimum Gasteiger partial charge on any atom is -0.492 e. The van der Waals surface area contributed by atoms with Crippen molar-refractivity contribution in [2.45, 2.75) is 38.5 Å². The molecule has 2 heterocycles. The molecule has 2 atom stereocenters. The summed E-state index contributed by atoms with van der Waals surface area (Å²) >= 11 is 0. The molecule has 1 aliphatic carbocycles. The lowest BCUT2D eigenvalue weighted by molar-refractivity contribution is -0.137. The van der Waals surface area contributed by atoms with Gasteiger partial charge in [0.25, 0.3) is 0 Å². The molecular formula is C18H23N3O3. The molecule has 0 bridgehead atoms. The molecule has 1 aliphatic rings. The van der Waals surface area contributed by atoms with Gasteiger partial charge in [0.2, 0.25) is 0 Å². The first-order chi connectivity index (χ1) is 11.7.